The van der Waals surface area contributed by atoms with Gasteiger partial charge in [0, 0.05) is 25.2 Å². The molecule has 0 spiro atoms. The van der Waals surface area contributed by atoms with Gasteiger partial charge in [0.05, 0.1) is 24.1 Å². The normalized spacial score (nSPS) is 16.5. The van der Waals surface area contributed by atoms with Gasteiger partial charge in [-0.3, -0.25) is 4.79 Å². The molecular formula is C30H33N11O3. The zero-order chi connectivity index (χ0) is 30.8. The van der Waals surface area contributed by atoms with Crippen LogP contribution in [-0.4, -0.2) is 77.0 Å². The van der Waals surface area contributed by atoms with Crippen molar-refractivity contribution in [3.63, 3.8) is 0 Å². The zero-order valence-electron chi connectivity index (χ0n) is 24.7. The minimum atomic E-state index is -0.285. The Labute approximate surface area is 253 Å². The summed E-state index contributed by atoms with van der Waals surface area (Å²) in [7, 11) is 3.32. The molecule has 2 atom stereocenters. The number of tetrazole rings is 1. The fourth-order valence-electron chi connectivity index (χ4n) is 5.79. The first-order chi connectivity index (χ1) is 21.3. The number of methoxy groups -OCH3 is 1. The Bertz CT molecular complexity index is 1800. The summed E-state index contributed by atoms with van der Waals surface area (Å²) in [5, 5.41) is 19.6. The predicted octanol–water partition coefficient (Wildman–Crippen LogP) is 3.39. The van der Waals surface area contributed by atoms with E-state index >= 15 is 0 Å². The maximum absolute atomic E-state index is 12.9. The molecule has 2 aromatic carbocycles. The second-order valence-electron chi connectivity index (χ2n) is 11.0. The van der Waals surface area contributed by atoms with Crippen LogP contribution in [-0.2, 0) is 6.54 Å². The van der Waals surface area contributed by atoms with Gasteiger partial charge in [-0.05, 0) is 60.7 Å². The van der Waals surface area contributed by atoms with Gasteiger partial charge in [0.25, 0.3) is 5.91 Å². The molecule has 1 saturated carbocycles. The van der Waals surface area contributed by atoms with Crippen LogP contribution >= 0.6 is 0 Å². The molecule has 3 N–H and O–H groups in total. The number of hydrogen-bond donors (Lipinski definition) is 2. The fraction of sp³-hybridized carbons (Fsp3) is 0.333. The number of aromatic nitrogens is 8. The van der Waals surface area contributed by atoms with Gasteiger partial charge in [0.2, 0.25) is 0 Å². The second kappa shape index (κ2) is 12.1. The van der Waals surface area contributed by atoms with E-state index in [9.17, 15) is 9.59 Å². The highest BCUT2D eigenvalue weighted by Crippen LogP contribution is 2.37. The molecule has 14 heteroatoms. The maximum atomic E-state index is 12.9. The van der Waals surface area contributed by atoms with Gasteiger partial charge in [-0.15, -0.1) is 9.78 Å². The van der Waals surface area contributed by atoms with Crippen LogP contribution in [0.3, 0.4) is 0 Å². The van der Waals surface area contributed by atoms with Crippen LogP contribution in [0.1, 0.15) is 53.2 Å². The number of aryl methyl sites for hydroxylation is 1. The minimum absolute atomic E-state index is 0.00322. The molecule has 5 aromatic rings. The lowest BCUT2D eigenvalue weighted by Gasteiger charge is -2.35. The average Bonchev–Trinajstić information content (AvgIpc) is 3.73. The summed E-state index contributed by atoms with van der Waals surface area (Å²) < 4.78 is 8.41. The second-order valence-corrected chi connectivity index (χ2v) is 11.0. The molecule has 6 rings (SSSR count). The lowest BCUT2D eigenvalue weighted by atomic mass is 9.90. The van der Waals surface area contributed by atoms with E-state index in [4.69, 9.17) is 15.6 Å². The van der Waals surface area contributed by atoms with Gasteiger partial charge >= 0.3 is 6.03 Å². The van der Waals surface area contributed by atoms with Crippen molar-refractivity contribution in [2.24, 2.45) is 0 Å². The summed E-state index contributed by atoms with van der Waals surface area (Å²) >= 11 is 0. The highest BCUT2D eigenvalue weighted by atomic mass is 16.5. The smallest absolute Gasteiger partial charge is 0.347 e. The molecule has 1 fully saturated rings. The molecule has 0 aliphatic heterocycles. The Kier molecular flexibility index (Phi) is 7.87. The van der Waals surface area contributed by atoms with E-state index in [0.29, 0.717) is 46.8 Å². The summed E-state index contributed by atoms with van der Waals surface area (Å²) in [5.41, 5.74) is 10.9. The molecule has 2 unspecified atom stereocenters. The van der Waals surface area contributed by atoms with Crippen LogP contribution in [0.5, 0.6) is 5.75 Å². The number of fused-ring (bicyclic) bond motifs is 1. The lowest BCUT2D eigenvalue weighted by Crippen LogP contribution is -2.43. The van der Waals surface area contributed by atoms with Crippen molar-refractivity contribution in [3.05, 3.63) is 71.8 Å². The first-order valence-electron chi connectivity index (χ1n) is 14.3. The van der Waals surface area contributed by atoms with E-state index in [0.717, 1.165) is 40.6 Å². The number of benzene rings is 2. The number of hydrogen-bond acceptors (Lipinski definition) is 10. The van der Waals surface area contributed by atoms with Gasteiger partial charge in [-0.1, -0.05) is 35.9 Å². The van der Waals surface area contributed by atoms with E-state index in [2.05, 4.69) is 30.8 Å². The van der Waals surface area contributed by atoms with E-state index in [-0.39, 0.29) is 24.0 Å². The quantitative estimate of drug-likeness (QED) is 0.266. The molecule has 3 aromatic heterocycles. The third kappa shape index (κ3) is 5.53. The first kappa shape index (κ1) is 28.7. The molecule has 0 bridgehead atoms. The zero-order valence-corrected chi connectivity index (χ0v) is 24.7. The third-order valence-corrected chi connectivity index (χ3v) is 8.16. The van der Waals surface area contributed by atoms with E-state index in [1.54, 1.807) is 25.1 Å². The van der Waals surface area contributed by atoms with Gasteiger partial charge < -0.3 is 20.7 Å². The van der Waals surface area contributed by atoms with Crippen LogP contribution in [0.4, 0.5) is 10.6 Å². The van der Waals surface area contributed by atoms with Crippen molar-refractivity contribution in [1.82, 2.24) is 50.2 Å². The van der Waals surface area contributed by atoms with Crippen LogP contribution < -0.4 is 15.8 Å². The standard InChI is InChI=1S/C30H33N11O3/c1-18-7-12-24(44-3)23(13-18)29(42)32-15-19-8-10-20(11-9-19)26-25-27(31)33-16-34-28(25)41(36-26)22-6-4-5-21(14-22)39(2)30(43)40-17-35-37-38-40/h7-13,16-17,21-22H,4-6,14-15H2,1-3H3,(H,32,42)(H2,31,33,34). The number of rotatable bonds is 7. The molecule has 44 heavy (non-hydrogen) atoms. The number of ether oxygens (including phenoxy) is 1. The molecule has 2 amide bonds. The van der Waals surface area contributed by atoms with E-state index in [1.807, 2.05) is 48.0 Å². The van der Waals surface area contributed by atoms with Gasteiger partial charge in [-0.25, -0.2) is 19.4 Å². The van der Waals surface area contributed by atoms with Crippen LogP contribution in [0, 0.1) is 6.92 Å². The van der Waals surface area contributed by atoms with Gasteiger partial charge in [-0.2, -0.15) is 5.10 Å². The van der Waals surface area contributed by atoms with Crippen molar-refractivity contribution in [1.29, 1.82) is 0 Å². The van der Waals surface area contributed by atoms with E-state index in [1.165, 1.54) is 12.7 Å². The number of carbonyl (C=O) groups excluding carboxylic acids is 2. The Morgan fingerprint density at radius 2 is 1.95 bits per heavy atom. The molecule has 1 aliphatic rings. The molecule has 0 radical (unpaired) electrons. The molecule has 226 valence electrons. The average molecular weight is 596 g/mol. The Balaban J connectivity index is 1.22. The largest absolute Gasteiger partial charge is 0.496 e. The number of nitrogen functional groups attached to an aromatic ring is 1. The van der Waals surface area contributed by atoms with Crippen molar-refractivity contribution in [3.8, 4) is 17.0 Å². The summed E-state index contributed by atoms with van der Waals surface area (Å²) in [5.74, 6) is 0.666. The summed E-state index contributed by atoms with van der Waals surface area (Å²) in [4.78, 5) is 36.2. The lowest BCUT2D eigenvalue weighted by molar-refractivity contribution is 0.0947. The van der Waals surface area contributed by atoms with Crippen molar-refractivity contribution < 1.29 is 14.3 Å². The summed E-state index contributed by atoms with van der Waals surface area (Å²) in [6.45, 7) is 2.28. The number of nitrogens with one attached hydrogen (secondary N) is 1. The van der Waals surface area contributed by atoms with Crippen LogP contribution in [0.25, 0.3) is 22.3 Å². The number of anilines is 1. The highest BCUT2D eigenvalue weighted by Gasteiger charge is 2.32. The number of nitrogens with zero attached hydrogens (tertiary/aromatic N) is 9. The Morgan fingerprint density at radius 1 is 1.14 bits per heavy atom. The Hall–Kier alpha value is -5.40. The molecule has 1 aliphatic carbocycles. The monoisotopic (exact) mass is 595 g/mol. The van der Waals surface area contributed by atoms with E-state index < -0.39 is 0 Å². The number of carbonyl (C=O) groups is 2. The summed E-state index contributed by atoms with van der Waals surface area (Å²) in [6.07, 6.45) is 6.09. The molecule has 3 heterocycles. The number of amides is 2. The van der Waals surface area contributed by atoms with Crippen molar-refractivity contribution in [2.75, 3.05) is 19.9 Å². The summed E-state index contributed by atoms with van der Waals surface area (Å²) in [6, 6.07) is 13.0. The topological polar surface area (TPSA) is 172 Å². The molecule has 14 nitrogen and oxygen atoms in total. The third-order valence-electron chi connectivity index (χ3n) is 8.16. The van der Waals surface area contributed by atoms with Gasteiger partial charge in [0.15, 0.2) is 5.65 Å². The minimum Gasteiger partial charge on any atom is -0.496 e. The molecular weight excluding hydrogens is 562 g/mol. The first-order valence-corrected chi connectivity index (χ1v) is 14.3. The fourth-order valence-corrected chi connectivity index (χ4v) is 5.79. The highest BCUT2D eigenvalue weighted by molar-refractivity contribution is 5.98. The number of nitrogens with two attached hydrogens (primary N) is 1. The van der Waals surface area contributed by atoms with Crippen LogP contribution in [0.2, 0.25) is 0 Å². The Morgan fingerprint density at radius 3 is 2.70 bits per heavy atom. The maximum Gasteiger partial charge on any atom is 0.347 e. The van der Waals surface area contributed by atoms with Crippen molar-refractivity contribution in [2.45, 2.75) is 51.2 Å². The molecule has 0 saturated heterocycles. The van der Waals surface area contributed by atoms with Gasteiger partial charge in [0.1, 0.15) is 29.9 Å². The van der Waals surface area contributed by atoms with Crippen LogP contribution in [0.15, 0.2) is 55.1 Å². The van der Waals surface area contributed by atoms with Crippen molar-refractivity contribution >= 4 is 28.8 Å². The SMILES string of the molecule is COc1ccc(C)cc1C(=O)NCc1ccc(-c2nn(C3CCCC(N(C)C(=O)n4cnnn4)C3)c3ncnc(N)c23)cc1. The predicted molar refractivity (Wildman–Crippen MR) is 162 cm³/mol.